The lowest BCUT2D eigenvalue weighted by molar-refractivity contribution is -0.0883. The van der Waals surface area contributed by atoms with Gasteiger partial charge in [-0.25, -0.2) is 0 Å². The Kier molecular flexibility index (Phi) is 4.21. The fourth-order valence-electron chi connectivity index (χ4n) is 9.84. The largest absolute Gasteiger partial charge is 0.508 e. The van der Waals surface area contributed by atoms with Gasteiger partial charge in [-0.15, -0.1) is 0 Å². The van der Waals surface area contributed by atoms with Gasteiger partial charge in [-0.05, 0) is 116 Å². The predicted octanol–water partition coefficient (Wildman–Crippen LogP) is 6.16. The number of benzene rings is 2. The molecule has 2 aromatic rings. The summed E-state index contributed by atoms with van der Waals surface area (Å²) in [6.07, 6.45) is 11.4. The average molecular weight is 428 g/mol. The highest BCUT2D eigenvalue weighted by atomic mass is 16.3. The number of likely N-dealkylation sites (tertiary alicyclic amines) is 1. The molecule has 6 bridgehead atoms. The van der Waals surface area contributed by atoms with Crippen LogP contribution in [0.15, 0.2) is 48.5 Å². The highest BCUT2D eigenvalue weighted by Gasteiger charge is 2.56. The number of hydrogen-bond acceptors (Lipinski definition) is 2. The van der Waals surface area contributed by atoms with Gasteiger partial charge in [0.05, 0.1) is 0 Å². The van der Waals surface area contributed by atoms with E-state index in [-0.39, 0.29) is 5.41 Å². The molecule has 0 spiro atoms. The van der Waals surface area contributed by atoms with Crippen LogP contribution >= 0.6 is 0 Å². The van der Waals surface area contributed by atoms with Gasteiger partial charge in [-0.3, -0.25) is 4.90 Å². The lowest BCUT2D eigenvalue weighted by atomic mass is 9.49. The van der Waals surface area contributed by atoms with Crippen LogP contribution in [-0.2, 0) is 11.8 Å². The minimum Gasteiger partial charge on any atom is -0.508 e. The number of rotatable bonds is 3. The summed E-state index contributed by atoms with van der Waals surface area (Å²) in [6.45, 7) is 5.04. The molecular weight excluding hydrogens is 390 g/mol. The van der Waals surface area contributed by atoms with Crippen molar-refractivity contribution in [3.63, 3.8) is 0 Å². The number of nitrogens with zero attached hydrogens (tertiary/aromatic N) is 1. The Labute approximate surface area is 193 Å². The van der Waals surface area contributed by atoms with E-state index in [0.29, 0.717) is 23.1 Å². The summed E-state index contributed by atoms with van der Waals surface area (Å²) in [7, 11) is 0. The Bertz CT molecular complexity index is 993. The van der Waals surface area contributed by atoms with E-state index in [1.165, 1.54) is 68.3 Å². The number of aromatic hydroxyl groups is 1. The molecule has 32 heavy (non-hydrogen) atoms. The second-order valence-corrected chi connectivity index (χ2v) is 12.4. The minimum atomic E-state index is 0.0240. The summed E-state index contributed by atoms with van der Waals surface area (Å²) in [5, 5.41) is 10.4. The van der Waals surface area contributed by atoms with Gasteiger partial charge in [0.2, 0.25) is 0 Å². The van der Waals surface area contributed by atoms with Crippen LogP contribution in [0.25, 0.3) is 0 Å². The van der Waals surface area contributed by atoms with E-state index in [0.717, 1.165) is 30.6 Å². The fraction of sp³-hybridized carbons (Fsp3) is 0.600. The molecule has 0 radical (unpaired) electrons. The van der Waals surface area contributed by atoms with Crippen LogP contribution < -0.4 is 0 Å². The first kappa shape index (κ1) is 19.6. The van der Waals surface area contributed by atoms with E-state index in [9.17, 15) is 5.11 Å². The van der Waals surface area contributed by atoms with Gasteiger partial charge in [0.1, 0.15) is 5.75 Å². The van der Waals surface area contributed by atoms with Gasteiger partial charge < -0.3 is 5.11 Å². The molecule has 5 fully saturated rings. The Morgan fingerprint density at radius 1 is 0.938 bits per heavy atom. The first-order valence-corrected chi connectivity index (χ1v) is 13.2. The molecule has 8 rings (SSSR count). The van der Waals surface area contributed by atoms with E-state index in [2.05, 4.69) is 54.3 Å². The number of fused-ring (bicyclic) bond motifs is 4. The molecule has 3 unspecified atom stereocenters. The fourth-order valence-corrected chi connectivity index (χ4v) is 9.84. The van der Waals surface area contributed by atoms with Gasteiger partial charge in [0.15, 0.2) is 0 Å². The average Bonchev–Trinajstić information content (AvgIpc) is 2.76. The van der Waals surface area contributed by atoms with E-state index < -0.39 is 0 Å². The molecule has 1 aliphatic heterocycles. The van der Waals surface area contributed by atoms with Crippen LogP contribution in [0.5, 0.6) is 5.75 Å². The summed E-state index contributed by atoms with van der Waals surface area (Å²) in [5.74, 6) is 4.06. The zero-order valence-corrected chi connectivity index (χ0v) is 19.5. The molecule has 5 aliphatic carbocycles. The molecule has 168 valence electrons. The topological polar surface area (TPSA) is 23.5 Å². The maximum absolute atomic E-state index is 10.4. The quantitative estimate of drug-likeness (QED) is 0.634. The number of piperidine rings is 1. The van der Waals surface area contributed by atoms with Crippen LogP contribution in [0.1, 0.15) is 68.6 Å². The molecule has 0 aromatic heterocycles. The molecule has 2 aromatic carbocycles. The smallest absolute Gasteiger partial charge is 0.115 e. The molecule has 3 atom stereocenters. The third-order valence-electron chi connectivity index (χ3n) is 10.6. The SMILES string of the molecule is CC1C2Cc3ccc(O)cc3C1(c1ccccc1)CCN2CC12CC3CC(CC(C3)C1)C2. The molecule has 0 amide bonds. The zero-order valence-electron chi connectivity index (χ0n) is 19.5. The number of phenols is 1. The summed E-state index contributed by atoms with van der Waals surface area (Å²) in [4.78, 5) is 2.94. The third-order valence-corrected chi connectivity index (χ3v) is 10.6. The first-order chi connectivity index (χ1) is 15.5. The van der Waals surface area contributed by atoms with E-state index in [1.54, 1.807) is 0 Å². The van der Waals surface area contributed by atoms with Crippen molar-refractivity contribution in [1.82, 2.24) is 4.90 Å². The molecule has 1 N–H and O–H groups in total. The van der Waals surface area contributed by atoms with E-state index >= 15 is 0 Å². The maximum Gasteiger partial charge on any atom is 0.115 e. The molecular formula is C30H37NO. The van der Waals surface area contributed by atoms with Crippen LogP contribution in [0.4, 0.5) is 0 Å². The Hall–Kier alpha value is -1.80. The van der Waals surface area contributed by atoms with Crippen LogP contribution in [0.3, 0.4) is 0 Å². The van der Waals surface area contributed by atoms with Crippen LogP contribution in [0, 0.1) is 29.1 Å². The van der Waals surface area contributed by atoms with Crippen molar-refractivity contribution in [2.45, 2.75) is 69.7 Å². The van der Waals surface area contributed by atoms with Crippen LogP contribution in [-0.4, -0.2) is 29.1 Å². The van der Waals surface area contributed by atoms with Crippen molar-refractivity contribution in [2.24, 2.45) is 29.1 Å². The zero-order chi connectivity index (χ0) is 21.5. The Morgan fingerprint density at radius 3 is 2.31 bits per heavy atom. The second kappa shape index (κ2) is 6.86. The van der Waals surface area contributed by atoms with Gasteiger partial charge in [0, 0.05) is 18.0 Å². The van der Waals surface area contributed by atoms with Gasteiger partial charge in [0.25, 0.3) is 0 Å². The standard InChI is InChI=1S/C30H37NO/c1-20-28-14-24-7-8-26(32)15-27(24)30(20,25-5-3-2-4-6-25)9-10-31(28)19-29-16-21-11-22(17-29)13-23(12-21)18-29/h2-8,15,20-23,28,32H,9-14,16-19H2,1H3. The molecule has 6 aliphatic rings. The maximum atomic E-state index is 10.4. The van der Waals surface area contributed by atoms with E-state index in [4.69, 9.17) is 0 Å². The van der Waals surface area contributed by atoms with Crippen molar-refractivity contribution in [1.29, 1.82) is 0 Å². The van der Waals surface area contributed by atoms with Gasteiger partial charge in [-0.2, -0.15) is 0 Å². The minimum absolute atomic E-state index is 0.0240. The number of phenolic OH excluding ortho intramolecular Hbond substituents is 1. The highest BCUT2D eigenvalue weighted by Crippen LogP contribution is 2.61. The predicted molar refractivity (Wildman–Crippen MR) is 129 cm³/mol. The van der Waals surface area contributed by atoms with Crippen molar-refractivity contribution in [3.8, 4) is 5.75 Å². The third kappa shape index (κ3) is 2.74. The summed E-state index contributed by atoms with van der Waals surface area (Å²) in [5.41, 5.74) is 4.93. The molecule has 1 heterocycles. The van der Waals surface area contributed by atoms with Crippen molar-refractivity contribution in [2.75, 3.05) is 13.1 Å². The van der Waals surface area contributed by atoms with Gasteiger partial charge in [-0.1, -0.05) is 43.3 Å². The van der Waals surface area contributed by atoms with Crippen molar-refractivity contribution >= 4 is 0 Å². The lowest BCUT2D eigenvalue weighted by Crippen LogP contribution is -2.62. The van der Waals surface area contributed by atoms with Gasteiger partial charge >= 0.3 is 0 Å². The summed E-state index contributed by atoms with van der Waals surface area (Å²) in [6, 6.07) is 18.0. The summed E-state index contributed by atoms with van der Waals surface area (Å²) >= 11 is 0. The van der Waals surface area contributed by atoms with E-state index in [1.807, 2.05) is 6.07 Å². The van der Waals surface area contributed by atoms with Crippen molar-refractivity contribution in [3.05, 3.63) is 65.2 Å². The molecule has 2 nitrogen and oxygen atoms in total. The molecule has 1 saturated heterocycles. The van der Waals surface area contributed by atoms with Crippen LogP contribution in [0.2, 0.25) is 0 Å². The highest BCUT2D eigenvalue weighted by molar-refractivity contribution is 5.51. The molecule has 2 heteroatoms. The number of hydrogen-bond donors (Lipinski definition) is 1. The lowest BCUT2D eigenvalue weighted by Gasteiger charge is -2.61. The molecule has 4 saturated carbocycles. The first-order valence-electron chi connectivity index (χ1n) is 13.2. The van der Waals surface area contributed by atoms with Crippen molar-refractivity contribution < 1.29 is 5.11 Å². The Morgan fingerprint density at radius 2 is 1.62 bits per heavy atom. The monoisotopic (exact) mass is 427 g/mol. The Balaban J connectivity index is 1.27. The normalized spacial score (nSPS) is 42.1. The second-order valence-electron chi connectivity index (χ2n) is 12.4. The summed E-state index contributed by atoms with van der Waals surface area (Å²) < 4.78 is 0.